The third kappa shape index (κ3) is 4.30. The van der Waals surface area contributed by atoms with E-state index in [-0.39, 0.29) is 0 Å². The minimum absolute atomic E-state index is 0.320. The monoisotopic (exact) mass is 276 g/mol. The molecule has 0 aromatic heterocycles. The van der Waals surface area contributed by atoms with Crippen molar-refractivity contribution in [2.75, 3.05) is 32.8 Å². The van der Waals surface area contributed by atoms with Gasteiger partial charge in [-0.2, -0.15) is 0 Å². The molecule has 1 N–H and O–H groups in total. The summed E-state index contributed by atoms with van der Waals surface area (Å²) in [6, 6.07) is 9.29. The van der Waals surface area contributed by atoms with Crippen molar-refractivity contribution in [3.63, 3.8) is 0 Å². The van der Waals surface area contributed by atoms with Crippen LogP contribution in [0.5, 0.6) is 0 Å². The van der Waals surface area contributed by atoms with Gasteiger partial charge in [-0.1, -0.05) is 38.1 Å². The van der Waals surface area contributed by atoms with Gasteiger partial charge >= 0.3 is 0 Å². The molecule has 0 spiro atoms. The van der Waals surface area contributed by atoms with Crippen LogP contribution in [-0.2, 0) is 11.2 Å². The van der Waals surface area contributed by atoms with E-state index in [1.165, 1.54) is 11.1 Å². The molecule has 1 fully saturated rings. The van der Waals surface area contributed by atoms with Crippen LogP contribution in [0.25, 0.3) is 0 Å². The summed E-state index contributed by atoms with van der Waals surface area (Å²) < 4.78 is 5.83. The summed E-state index contributed by atoms with van der Waals surface area (Å²) >= 11 is 0. The third-order valence-electron chi connectivity index (χ3n) is 4.21. The molecule has 0 saturated carbocycles. The van der Waals surface area contributed by atoms with Crippen molar-refractivity contribution in [3.05, 3.63) is 35.4 Å². The molecule has 0 radical (unpaired) electrons. The van der Waals surface area contributed by atoms with Crippen LogP contribution >= 0.6 is 0 Å². The smallest absolute Gasteiger partial charge is 0.0826 e. The van der Waals surface area contributed by atoms with Gasteiger partial charge in [0.15, 0.2) is 0 Å². The van der Waals surface area contributed by atoms with E-state index in [1.807, 2.05) is 0 Å². The number of aryl methyl sites for hydroxylation is 1. The Morgan fingerprint density at radius 1 is 1.30 bits per heavy atom. The summed E-state index contributed by atoms with van der Waals surface area (Å²) in [7, 11) is 0. The molecule has 1 heterocycles. The zero-order valence-corrected chi connectivity index (χ0v) is 13.1. The first kappa shape index (κ1) is 15.5. The van der Waals surface area contributed by atoms with Gasteiger partial charge < -0.3 is 10.1 Å². The molecule has 2 rings (SSSR count). The lowest BCUT2D eigenvalue weighted by Crippen LogP contribution is -2.46. The van der Waals surface area contributed by atoms with Crippen molar-refractivity contribution in [3.8, 4) is 0 Å². The molecule has 1 saturated heterocycles. The molecule has 1 aromatic rings. The molecule has 0 amide bonds. The van der Waals surface area contributed by atoms with Gasteiger partial charge in [0.05, 0.1) is 12.7 Å². The second-order valence-corrected chi connectivity index (χ2v) is 5.61. The van der Waals surface area contributed by atoms with Crippen molar-refractivity contribution < 1.29 is 4.74 Å². The summed E-state index contributed by atoms with van der Waals surface area (Å²) in [6.45, 7) is 11.7. The molecule has 2 unspecified atom stereocenters. The second kappa shape index (κ2) is 7.77. The lowest BCUT2D eigenvalue weighted by molar-refractivity contribution is -0.0262. The molecule has 1 aliphatic rings. The number of nitrogens with zero attached hydrogens (tertiary/aromatic N) is 1. The highest BCUT2D eigenvalue weighted by atomic mass is 16.5. The highest BCUT2D eigenvalue weighted by molar-refractivity contribution is 5.24. The first-order chi connectivity index (χ1) is 9.72. The van der Waals surface area contributed by atoms with Crippen LogP contribution in [0.2, 0.25) is 0 Å². The Morgan fingerprint density at radius 3 is 2.70 bits per heavy atom. The van der Waals surface area contributed by atoms with Crippen LogP contribution in [-0.4, -0.2) is 43.8 Å². The molecule has 3 heteroatoms. The SMILES string of the molecule is CCc1ccc(C(C)NCC2CN(CC)CCO2)cc1. The molecule has 2 atom stereocenters. The first-order valence-corrected chi connectivity index (χ1v) is 7.89. The molecule has 1 aliphatic heterocycles. The summed E-state index contributed by atoms with van der Waals surface area (Å²) in [5.41, 5.74) is 2.75. The molecule has 1 aromatic carbocycles. The first-order valence-electron chi connectivity index (χ1n) is 7.89. The van der Waals surface area contributed by atoms with Gasteiger partial charge in [-0.25, -0.2) is 0 Å². The van der Waals surface area contributed by atoms with Gasteiger partial charge in [-0.05, 0) is 31.0 Å². The Labute approximate surface area is 123 Å². The summed E-state index contributed by atoms with van der Waals surface area (Å²) in [4.78, 5) is 2.45. The maximum absolute atomic E-state index is 5.83. The number of nitrogens with one attached hydrogen (secondary N) is 1. The number of ether oxygens (including phenoxy) is 1. The van der Waals surface area contributed by atoms with Crippen molar-refractivity contribution in [1.82, 2.24) is 10.2 Å². The molecule has 20 heavy (non-hydrogen) atoms. The maximum Gasteiger partial charge on any atom is 0.0826 e. The van der Waals surface area contributed by atoms with Crippen LogP contribution in [0.15, 0.2) is 24.3 Å². The number of benzene rings is 1. The largest absolute Gasteiger partial charge is 0.374 e. The van der Waals surface area contributed by atoms with Gasteiger partial charge in [0.25, 0.3) is 0 Å². The predicted octanol–water partition coefficient (Wildman–Crippen LogP) is 2.62. The number of morpholine rings is 1. The van der Waals surface area contributed by atoms with E-state index in [1.54, 1.807) is 0 Å². The van der Waals surface area contributed by atoms with Crippen LogP contribution in [0.3, 0.4) is 0 Å². The summed E-state index contributed by atoms with van der Waals surface area (Å²) in [6.07, 6.45) is 1.42. The number of hydrogen-bond acceptors (Lipinski definition) is 3. The van der Waals surface area contributed by atoms with Gasteiger partial charge in [0.2, 0.25) is 0 Å². The molecule has 0 bridgehead atoms. The van der Waals surface area contributed by atoms with E-state index in [2.05, 4.69) is 55.3 Å². The average Bonchev–Trinajstić information content (AvgIpc) is 2.53. The zero-order valence-electron chi connectivity index (χ0n) is 13.1. The predicted molar refractivity (Wildman–Crippen MR) is 84.1 cm³/mol. The Bertz CT molecular complexity index is 390. The quantitative estimate of drug-likeness (QED) is 0.864. The van der Waals surface area contributed by atoms with Gasteiger partial charge in [-0.3, -0.25) is 4.90 Å². The van der Waals surface area contributed by atoms with E-state index < -0.39 is 0 Å². The van der Waals surface area contributed by atoms with E-state index in [0.29, 0.717) is 12.1 Å². The Hall–Kier alpha value is -0.900. The molecule has 3 nitrogen and oxygen atoms in total. The van der Waals surface area contributed by atoms with Crippen molar-refractivity contribution in [1.29, 1.82) is 0 Å². The molecular formula is C17H28N2O. The minimum atomic E-state index is 0.320. The van der Waals surface area contributed by atoms with Gasteiger partial charge in [0, 0.05) is 25.7 Å². The normalized spacial score (nSPS) is 21.9. The Balaban J connectivity index is 1.80. The second-order valence-electron chi connectivity index (χ2n) is 5.61. The zero-order chi connectivity index (χ0) is 14.4. The van der Waals surface area contributed by atoms with E-state index >= 15 is 0 Å². The van der Waals surface area contributed by atoms with Crippen LogP contribution in [0.4, 0.5) is 0 Å². The number of likely N-dealkylation sites (N-methyl/N-ethyl adjacent to an activating group) is 1. The van der Waals surface area contributed by atoms with Crippen molar-refractivity contribution >= 4 is 0 Å². The van der Waals surface area contributed by atoms with E-state index in [4.69, 9.17) is 4.74 Å². The average molecular weight is 276 g/mol. The van der Waals surface area contributed by atoms with Gasteiger partial charge in [0.1, 0.15) is 0 Å². The molecular weight excluding hydrogens is 248 g/mol. The standard InChI is InChI=1S/C17H28N2O/c1-4-15-6-8-16(9-7-15)14(3)18-12-17-13-19(5-2)10-11-20-17/h6-9,14,17-18H,4-5,10-13H2,1-3H3. The third-order valence-corrected chi connectivity index (χ3v) is 4.21. The Morgan fingerprint density at radius 2 is 2.05 bits per heavy atom. The molecule has 112 valence electrons. The number of hydrogen-bond donors (Lipinski definition) is 1. The minimum Gasteiger partial charge on any atom is -0.374 e. The fraction of sp³-hybridized carbons (Fsp3) is 0.647. The maximum atomic E-state index is 5.83. The summed E-state index contributed by atoms with van der Waals surface area (Å²) in [5.74, 6) is 0. The highest BCUT2D eigenvalue weighted by Gasteiger charge is 2.19. The van der Waals surface area contributed by atoms with Crippen LogP contribution in [0.1, 0.15) is 37.9 Å². The number of rotatable bonds is 6. The topological polar surface area (TPSA) is 24.5 Å². The van der Waals surface area contributed by atoms with Gasteiger partial charge in [-0.15, -0.1) is 0 Å². The Kier molecular flexibility index (Phi) is 6.02. The van der Waals surface area contributed by atoms with Crippen LogP contribution < -0.4 is 5.32 Å². The highest BCUT2D eigenvalue weighted by Crippen LogP contribution is 2.14. The lowest BCUT2D eigenvalue weighted by Gasteiger charge is -2.32. The fourth-order valence-corrected chi connectivity index (χ4v) is 2.66. The molecule has 0 aliphatic carbocycles. The van der Waals surface area contributed by atoms with E-state index in [0.717, 1.165) is 39.2 Å². The van der Waals surface area contributed by atoms with Crippen LogP contribution in [0, 0.1) is 0 Å². The van der Waals surface area contributed by atoms with Crippen molar-refractivity contribution in [2.45, 2.75) is 39.3 Å². The fourth-order valence-electron chi connectivity index (χ4n) is 2.66. The summed E-state index contributed by atoms with van der Waals surface area (Å²) in [5, 5.41) is 3.60. The van der Waals surface area contributed by atoms with E-state index in [9.17, 15) is 0 Å². The lowest BCUT2D eigenvalue weighted by atomic mass is 10.0. The van der Waals surface area contributed by atoms with Crippen molar-refractivity contribution in [2.24, 2.45) is 0 Å².